The molecule has 1 heterocycles. The van der Waals surface area contributed by atoms with Gasteiger partial charge in [0.1, 0.15) is 24.1 Å². The molecular formula is C20H27NO5. The summed E-state index contributed by atoms with van der Waals surface area (Å²) in [4.78, 5) is 23.7. The molecular weight excluding hydrogens is 334 g/mol. The highest BCUT2D eigenvalue weighted by Crippen LogP contribution is 2.39. The van der Waals surface area contributed by atoms with Gasteiger partial charge in [-0.25, -0.2) is 9.59 Å². The zero-order chi connectivity index (χ0) is 19.1. The molecule has 0 aromatic heterocycles. The molecule has 1 aromatic rings. The van der Waals surface area contributed by atoms with E-state index in [0.717, 1.165) is 18.4 Å². The highest BCUT2D eigenvalue weighted by Gasteiger charge is 2.42. The molecule has 1 aliphatic heterocycles. The smallest absolute Gasteiger partial charge is 0.408 e. The van der Waals surface area contributed by atoms with Crippen molar-refractivity contribution in [3.05, 3.63) is 29.3 Å². The minimum absolute atomic E-state index is 0.0557. The van der Waals surface area contributed by atoms with E-state index < -0.39 is 11.7 Å². The fourth-order valence-electron chi connectivity index (χ4n) is 3.58. The summed E-state index contributed by atoms with van der Waals surface area (Å²) in [7, 11) is 0. The maximum absolute atomic E-state index is 12.2. The molecule has 0 spiro atoms. The first-order valence-electron chi connectivity index (χ1n) is 8.99. The summed E-state index contributed by atoms with van der Waals surface area (Å²) >= 11 is 0. The number of benzene rings is 1. The summed E-state index contributed by atoms with van der Waals surface area (Å²) in [5, 5.41) is 2.96. The number of alkyl carbamates (subject to hydrolysis) is 1. The van der Waals surface area contributed by atoms with Crippen molar-refractivity contribution < 1.29 is 23.8 Å². The summed E-state index contributed by atoms with van der Waals surface area (Å²) in [6.07, 6.45) is 1.04. The lowest BCUT2D eigenvalue weighted by Gasteiger charge is -2.25. The van der Waals surface area contributed by atoms with E-state index >= 15 is 0 Å². The first kappa shape index (κ1) is 18.5. The Bertz CT molecular complexity index is 719. The van der Waals surface area contributed by atoms with E-state index in [1.165, 1.54) is 0 Å². The number of ether oxygens (including phenoxy) is 3. The van der Waals surface area contributed by atoms with Crippen LogP contribution in [0.2, 0.25) is 0 Å². The van der Waals surface area contributed by atoms with Crippen molar-refractivity contribution in [1.29, 1.82) is 0 Å². The third kappa shape index (κ3) is 4.29. The van der Waals surface area contributed by atoms with Gasteiger partial charge in [-0.05, 0) is 57.2 Å². The SMILES string of the molecule is CC1(C)CC(NC(=O)OC(C)(C)C)[C@@H](Oc2ccc3c(c2)COC3=O)C1. The van der Waals surface area contributed by atoms with Crippen LogP contribution < -0.4 is 10.1 Å². The van der Waals surface area contributed by atoms with Gasteiger partial charge in [-0.15, -0.1) is 0 Å². The molecule has 0 radical (unpaired) electrons. The second-order valence-electron chi connectivity index (χ2n) is 8.88. The van der Waals surface area contributed by atoms with Crippen molar-refractivity contribution in [2.75, 3.05) is 0 Å². The van der Waals surface area contributed by atoms with Crippen LogP contribution in [0.4, 0.5) is 4.79 Å². The molecule has 0 saturated heterocycles. The van der Waals surface area contributed by atoms with Crippen LogP contribution in [0.3, 0.4) is 0 Å². The molecule has 1 unspecified atom stereocenters. The van der Waals surface area contributed by atoms with Gasteiger partial charge in [0, 0.05) is 5.56 Å². The first-order chi connectivity index (χ1) is 12.0. The zero-order valence-electron chi connectivity index (χ0n) is 16.0. The van der Waals surface area contributed by atoms with Crippen LogP contribution in [0.1, 0.15) is 63.4 Å². The van der Waals surface area contributed by atoms with E-state index in [1.807, 2.05) is 26.8 Å². The number of nitrogens with one attached hydrogen (secondary N) is 1. The van der Waals surface area contributed by atoms with Crippen LogP contribution in [-0.2, 0) is 16.1 Å². The Hall–Kier alpha value is -2.24. The van der Waals surface area contributed by atoms with Gasteiger partial charge < -0.3 is 19.5 Å². The van der Waals surface area contributed by atoms with Crippen LogP contribution >= 0.6 is 0 Å². The van der Waals surface area contributed by atoms with Crippen molar-refractivity contribution in [3.63, 3.8) is 0 Å². The summed E-state index contributed by atoms with van der Waals surface area (Å²) in [5.74, 6) is 0.388. The molecule has 1 N–H and O–H groups in total. The maximum atomic E-state index is 12.2. The first-order valence-corrected chi connectivity index (χ1v) is 8.99. The van der Waals surface area contributed by atoms with E-state index in [0.29, 0.717) is 11.3 Å². The average molecular weight is 361 g/mol. The van der Waals surface area contributed by atoms with Crippen LogP contribution in [0, 0.1) is 5.41 Å². The van der Waals surface area contributed by atoms with Crippen LogP contribution in [0.5, 0.6) is 5.75 Å². The third-order valence-corrected chi connectivity index (χ3v) is 4.62. The van der Waals surface area contributed by atoms with Gasteiger partial charge in [-0.3, -0.25) is 0 Å². The number of hydrogen-bond acceptors (Lipinski definition) is 5. The maximum Gasteiger partial charge on any atom is 0.408 e. The molecule has 1 amide bonds. The van der Waals surface area contributed by atoms with Gasteiger partial charge in [-0.1, -0.05) is 13.8 Å². The molecule has 0 bridgehead atoms. The summed E-state index contributed by atoms with van der Waals surface area (Å²) in [6.45, 7) is 10.1. The molecule has 26 heavy (non-hydrogen) atoms. The lowest BCUT2D eigenvalue weighted by molar-refractivity contribution is 0.0463. The summed E-state index contributed by atoms with van der Waals surface area (Å²) in [5.41, 5.74) is 0.940. The molecule has 6 heteroatoms. The summed E-state index contributed by atoms with van der Waals surface area (Å²) < 4.78 is 16.6. The molecule has 2 aliphatic rings. The lowest BCUT2D eigenvalue weighted by atomic mass is 9.91. The second-order valence-corrected chi connectivity index (χ2v) is 8.88. The molecule has 6 nitrogen and oxygen atoms in total. The second kappa shape index (κ2) is 6.49. The number of fused-ring (bicyclic) bond motifs is 1. The van der Waals surface area contributed by atoms with Crippen molar-refractivity contribution in [3.8, 4) is 5.75 Å². The van der Waals surface area contributed by atoms with Gasteiger partial charge in [-0.2, -0.15) is 0 Å². The van der Waals surface area contributed by atoms with Gasteiger partial charge in [0.15, 0.2) is 0 Å². The number of rotatable bonds is 3. The number of hydrogen-bond donors (Lipinski definition) is 1. The molecule has 1 fully saturated rings. The Labute approximate surface area is 154 Å². The number of esters is 1. The molecule has 3 rings (SSSR count). The van der Waals surface area contributed by atoms with Crippen LogP contribution in [-0.4, -0.2) is 29.8 Å². The van der Waals surface area contributed by atoms with E-state index in [4.69, 9.17) is 14.2 Å². The van der Waals surface area contributed by atoms with E-state index in [1.54, 1.807) is 12.1 Å². The quantitative estimate of drug-likeness (QED) is 0.829. The number of amides is 1. The topological polar surface area (TPSA) is 73.9 Å². The Balaban J connectivity index is 1.70. The molecule has 2 atom stereocenters. The number of carbonyl (C=O) groups excluding carboxylic acids is 2. The largest absolute Gasteiger partial charge is 0.488 e. The monoisotopic (exact) mass is 361 g/mol. The van der Waals surface area contributed by atoms with Gasteiger partial charge in [0.25, 0.3) is 0 Å². The zero-order valence-corrected chi connectivity index (χ0v) is 16.0. The third-order valence-electron chi connectivity index (χ3n) is 4.62. The Morgan fingerprint density at radius 2 is 2.00 bits per heavy atom. The van der Waals surface area contributed by atoms with Gasteiger partial charge in [0.2, 0.25) is 0 Å². The number of carbonyl (C=O) groups is 2. The minimum atomic E-state index is -0.541. The van der Waals surface area contributed by atoms with E-state index in [2.05, 4.69) is 19.2 Å². The van der Waals surface area contributed by atoms with Crippen molar-refractivity contribution in [1.82, 2.24) is 5.32 Å². The van der Waals surface area contributed by atoms with Crippen LogP contribution in [0.15, 0.2) is 18.2 Å². The highest BCUT2D eigenvalue weighted by molar-refractivity contribution is 5.93. The fraction of sp³-hybridized carbons (Fsp3) is 0.600. The molecule has 1 aromatic carbocycles. The predicted octanol–water partition coefficient (Wildman–Crippen LogP) is 3.82. The molecule has 142 valence electrons. The lowest BCUT2D eigenvalue weighted by Crippen LogP contribution is -2.44. The van der Waals surface area contributed by atoms with Crippen molar-refractivity contribution >= 4 is 12.1 Å². The van der Waals surface area contributed by atoms with Crippen LogP contribution in [0.25, 0.3) is 0 Å². The fourth-order valence-corrected chi connectivity index (χ4v) is 3.58. The Kier molecular flexibility index (Phi) is 4.63. The Morgan fingerprint density at radius 1 is 1.27 bits per heavy atom. The number of cyclic esters (lactones) is 1. The molecule has 1 saturated carbocycles. The van der Waals surface area contributed by atoms with Gasteiger partial charge >= 0.3 is 12.1 Å². The van der Waals surface area contributed by atoms with Crippen molar-refractivity contribution in [2.24, 2.45) is 5.41 Å². The van der Waals surface area contributed by atoms with E-state index in [-0.39, 0.29) is 30.1 Å². The minimum Gasteiger partial charge on any atom is -0.488 e. The normalized spacial score (nSPS) is 24.0. The molecule has 1 aliphatic carbocycles. The standard InChI is InChI=1S/C20H27NO5/c1-19(2,3)26-18(23)21-15-9-20(4,5)10-16(15)25-13-6-7-14-12(8-13)11-24-17(14)22/h6-8,15-16H,9-11H2,1-5H3,(H,21,23)/t15?,16-/m0/s1. The summed E-state index contributed by atoms with van der Waals surface area (Å²) in [6, 6.07) is 5.22. The Morgan fingerprint density at radius 3 is 2.69 bits per heavy atom. The van der Waals surface area contributed by atoms with E-state index in [9.17, 15) is 9.59 Å². The average Bonchev–Trinajstić information content (AvgIpc) is 2.97. The predicted molar refractivity (Wildman–Crippen MR) is 96.2 cm³/mol. The highest BCUT2D eigenvalue weighted by atomic mass is 16.6. The van der Waals surface area contributed by atoms with Gasteiger partial charge in [0.05, 0.1) is 11.6 Å². The van der Waals surface area contributed by atoms with Crippen molar-refractivity contribution in [2.45, 2.75) is 71.8 Å².